The molecule has 5 heteroatoms. The quantitative estimate of drug-likeness (QED) is 0.776. The van der Waals surface area contributed by atoms with E-state index in [9.17, 15) is 4.79 Å². The lowest BCUT2D eigenvalue weighted by molar-refractivity contribution is -0.122. The molecule has 1 rings (SSSR count). The SMILES string of the molecule is CCNC(=O)CN(CC)Cc1c(N)cccc1Cl. The molecule has 0 saturated heterocycles. The molecule has 0 unspecified atom stereocenters. The number of rotatable bonds is 6. The third kappa shape index (κ3) is 4.20. The predicted molar refractivity (Wildman–Crippen MR) is 75.5 cm³/mol. The van der Waals surface area contributed by atoms with Crippen molar-refractivity contribution >= 4 is 23.2 Å². The summed E-state index contributed by atoms with van der Waals surface area (Å²) in [5.74, 6) is 0.0185. The zero-order valence-electron chi connectivity index (χ0n) is 10.9. The van der Waals surface area contributed by atoms with Gasteiger partial charge in [0.15, 0.2) is 0 Å². The van der Waals surface area contributed by atoms with E-state index in [1.54, 1.807) is 0 Å². The van der Waals surface area contributed by atoms with Crippen molar-refractivity contribution in [1.29, 1.82) is 0 Å². The monoisotopic (exact) mass is 269 g/mol. The summed E-state index contributed by atoms with van der Waals surface area (Å²) in [5, 5.41) is 3.42. The lowest BCUT2D eigenvalue weighted by Gasteiger charge is -2.21. The van der Waals surface area contributed by atoms with Gasteiger partial charge in [-0.15, -0.1) is 0 Å². The molecule has 0 aliphatic carbocycles. The number of nitrogens with zero attached hydrogens (tertiary/aromatic N) is 1. The van der Waals surface area contributed by atoms with Crippen molar-refractivity contribution in [2.45, 2.75) is 20.4 Å². The Bertz CT molecular complexity index is 389. The Morgan fingerprint density at radius 3 is 2.72 bits per heavy atom. The van der Waals surface area contributed by atoms with Gasteiger partial charge in [-0.1, -0.05) is 24.6 Å². The average Bonchev–Trinajstić information content (AvgIpc) is 2.33. The number of anilines is 1. The number of nitrogens with one attached hydrogen (secondary N) is 1. The van der Waals surface area contributed by atoms with E-state index in [1.807, 2.05) is 36.9 Å². The Balaban J connectivity index is 2.71. The molecule has 0 bridgehead atoms. The minimum atomic E-state index is 0.0185. The van der Waals surface area contributed by atoms with Crippen molar-refractivity contribution in [2.75, 3.05) is 25.4 Å². The summed E-state index contributed by atoms with van der Waals surface area (Å²) < 4.78 is 0. The third-order valence-corrected chi connectivity index (χ3v) is 3.08. The Morgan fingerprint density at radius 2 is 2.17 bits per heavy atom. The van der Waals surface area contributed by atoms with Gasteiger partial charge in [-0.2, -0.15) is 0 Å². The fraction of sp³-hybridized carbons (Fsp3) is 0.462. The molecule has 0 saturated carbocycles. The van der Waals surface area contributed by atoms with Crippen LogP contribution in [-0.2, 0) is 11.3 Å². The maximum absolute atomic E-state index is 11.6. The molecule has 1 aromatic carbocycles. The van der Waals surface area contributed by atoms with Gasteiger partial charge >= 0.3 is 0 Å². The number of hydrogen-bond acceptors (Lipinski definition) is 3. The summed E-state index contributed by atoms with van der Waals surface area (Å²) in [6.45, 7) is 6.26. The number of amides is 1. The minimum Gasteiger partial charge on any atom is -0.398 e. The summed E-state index contributed by atoms with van der Waals surface area (Å²) in [5.41, 5.74) is 7.45. The summed E-state index contributed by atoms with van der Waals surface area (Å²) in [6.07, 6.45) is 0. The van der Waals surface area contributed by atoms with Crippen LogP contribution in [0.5, 0.6) is 0 Å². The zero-order chi connectivity index (χ0) is 13.5. The van der Waals surface area contributed by atoms with Crippen LogP contribution < -0.4 is 11.1 Å². The second kappa shape index (κ2) is 7.24. The van der Waals surface area contributed by atoms with Gasteiger partial charge in [0, 0.05) is 29.4 Å². The lowest BCUT2D eigenvalue weighted by atomic mass is 10.1. The highest BCUT2D eigenvalue weighted by Gasteiger charge is 2.12. The van der Waals surface area contributed by atoms with Crippen LogP contribution >= 0.6 is 11.6 Å². The van der Waals surface area contributed by atoms with Crippen molar-refractivity contribution in [3.8, 4) is 0 Å². The molecule has 0 atom stereocenters. The number of hydrogen-bond donors (Lipinski definition) is 2. The first kappa shape index (κ1) is 14.8. The first-order chi connectivity index (χ1) is 8.58. The fourth-order valence-electron chi connectivity index (χ4n) is 1.70. The summed E-state index contributed by atoms with van der Waals surface area (Å²) in [4.78, 5) is 13.6. The molecular formula is C13H20ClN3O. The maximum atomic E-state index is 11.6. The molecule has 0 spiro atoms. The van der Waals surface area contributed by atoms with Gasteiger partial charge in [0.25, 0.3) is 0 Å². The zero-order valence-corrected chi connectivity index (χ0v) is 11.6. The van der Waals surface area contributed by atoms with Gasteiger partial charge < -0.3 is 11.1 Å². The van der Waals surface area contributed by atoms with Crippen molar-refractivity contribution < 1.29 is 4.79 Å². The summed E-state index contributed by atoms with van der Waals surface area (Å²) >= 11 is 6.12. The Kier molecular flexibility index (Phi) is 5.95. The van der Waals surface area contributed by atoms with Crippen LogP contribution in [0.2, 0.25) is 5.02 Å². The summed E-state index contributed by atoms with van der Waals surface area (Å²) in [7, 11) is 0. The van der Waals surface area contributed by atoms with E-state index in [4.69, 9.17) is 17.3 Å². The molecule has 4 nitrogen and oxygen atoms in total. The highest BCUT2D eigenvalue weighted by molar-refractivity contribution is 6.31. The van der Waals surface area contributed by atoms with Crippen LogP contribution in [0.15, 0.2) is 18.2 Å². The smallest absolute Gasteiger partial charge is 0.234 e. The van der Waals surface area contributed by atoms with E-state index in [1.165, 1.54) is 0 Å². The molecule has 3 N–H and O–H groups in total. The Labute approximate surface area is 113 Å². The van der Waals surface area contributed by atoms with Gasteiger partial charge in [0.1, 0.15) is 0 Å². The number of nitrogens with two attached hydrogens (primary N) is 1. The van der Waals surface area contributed by atoms with E-state index >= 15 is 0 Å². The number of benzene rings is 1. The number of nitrogen functional groups attached to an aromatic ring is 1. The Hall–Kier alpha value is -1.26. The first-order valence-electron chi connectivity index (χ1n) is 6.10. The number of carbonyl (C=O) groups excluding carboxylic acids is 1. The van der Waals surface area contributed by atoms with Gasteiger partial charge in [0.05, 0.1) is 6.54 Å². The molecule has 0 aliphatic rings. The predicted octanol–water partition coefficient (Wildman–Crippen LogP) is 1.88. The van der Waals surface area contributed by atoms with Crippen LogP contribution in [0.1, 0.15) is 19.4 Å². The number of halogens is 1. The fourth-order valence-corrected chi connectivity index (χ4v) is 1.94. The third-order valence-electron chi connectivity index (χ3n) is 2.73. The normalized spacial score (nSPS) is 10.7. The van der Waals surface area contributed by atoms with Crippen LogP contribution in [0, 0.1) is 0 Å². The van der Waals surface area contributed by atoms with Crippen LogP contribution in [0.4, 0.5) is 5.69 Å². The molecule has 0 aromatic heterocycles. The van der Waals surface area contributed by atoms with E-state index in [-0.39, 0.29) is 5.91 Å². The van der Waals surface area contributed by atoms with Gasteiger partial charge in [-0.05, 0) is 25.6 Å². The van der Waals surface area contributed by atoms with Gasteiger partial charge in [0.2, 0.25) is 5.91 Å². The second-order valence-electron chi connectivity index (χ2n) is 4.06. The highest BCUT2D eigenvalue weighted by atomic mass is 35.5. The van der Waals surface area contributed by atoms with E-state index in [0.29, 0.717) is 30.3 Å². The molecule has 0 aliphatic heterocycles. The highest BCUT2D eigenvalue weighted by Crippen LogP contribution is 2.23. The first-order valence-corrected chi connectivity index (χ1v) is 6.48. The van der Waals surface area contributed by atoms with Crippen LogP contribution in [-0.4, -0.2) is 30.4 Å². The van der Waals surface area contributed by atoms with Gasteiger partial charge in [-0.3, -0.25) is 9.69 Å². The number of likely N-dealkylation sites (N-methyl/N-ethyl adjacent to an activating group) is 2. The lowest BCUT2D eigenvalue weighted by Crippen LogP contribution is -2.36. The molecule has 1 aromatic rings. The standard InChI is InChI=1S/C13H20ClN3O/c1-3-16-13(18)9-17(4-2)8-10-11(14)6-5-7-12(10)15/h5-7H,3-4,8-9,15H2,1-2H3,(H,16,18). The molecule has 0 radical (unpaired) electrons. The molecular weight excluding hydrogens is 250 g/mol. The van der Waals surface area contributed by atoms with Crippen LogP contribution in [0.3, 0.4) is 0 Å². The maximum Gasteiger partial charge on any atom is 0.234 e. The molecule has 1 amide bonds. The van der Waals surface area contributed by atoms with E-state index < -0.39 is 0 Å². The van der Waals surface area contributed by atoms with Gasteiger partial charge in [-0.25, -0.2) is 0 Å². The van der Waals surface area contributed by atoms with Crippen molar-refractivity contribution in [1.82, 2.24) is 10.2 Å². The number of carbonyl (C=O) groups is 1. The van der Waals surface area contributed by atoms with E-state index in [0.717, 1.165) is 12.1 Å². The topological polar surface area (TPSA) is 58.4 Å². The average molecular weight is 270 g/mol. The second-order valence-corrected chi connectivity index (χ2v) is 4.47. The minimum absolute atomic E-state index is 0.0185. The summed E-state index contributed by atoms with van der Waals surface area (Å²) in [6, 6.07) is 5.45. The van der Waals surface area contributed by atoms with Crippen molar-refractivity contribution in [3.05, 3.63) is 28.8 Å². The Morgan fingerprint density at radius 1 is 1.44 bits per heavy atom. The largest absolute Gasteiger partial charge is 0.398 e. The molecule has 0 fully saturated rings. The van der Waals surface area contributed by atoms with E-state index in [2.05, 4.69) is 5.32 Å². The molecule has 0 heterocycles. The van der Waals surface area contributed by atoms with Crippen molar-refractivity contribution in [2.24, 2.45) is 0 Å². The molecule has 100 valence electrons. The molecule has 18 heavy (non-hydrogen) atoms. The van der Waals surface area contributed by atoms with Crippen LogP contribution in [0.25, 0.3) is 0 Å². The van der Waals surface area contributed by atoms with Crippen molar-refractivity contribution in [3.63, 3.8) is 0 Å².